The van der Waals surface area contributed by atoms with E-state index in [9.17, 15) is 9.59 Å². The van der Waals surface area contributed by atoms with Crippen LogP contribution >= 0.6 is 0 Å². The highest BCUT2D eigenvalue weighted by Crippen LogP contribution is 2.26. The van der Waals surface area contributed by atoms with Gasteiger partial charge in [-0.15, -0.1) is 0 Å². The zero-order chi connectivity index (χ0) is 18.0. The second-order valence-electron chi connectivity index (χ2n) is 6.16. The van der Waals surface area contributed by atoms with Crippen LogP contribution in [0.4, 0.5) is 5.69 Å². The number of benzene rings is 2. The molecule has 3 rings (SSSR count). The second-order valence-corrected chi connectivity index (χ2v) is 6.16. The number of aromatic amines is 1. The van der Waals surface area contributed by atoms with Gasteiger partial charge >= 0.3 is 0 Å². The van der Waals surface area contributed by atoms with Crippen LogP contribution in [-0.4, -0.2) is 18.0 Å². The number of carbonyl (C=O) groups is 1. The van der Waals surface area contributed by atoms with Gasteiger partial charge in [0.2, 0.25) is 5.56 Å². The van der Waals surface area contributed by atoms with Gasteiger partial charge in [-0.2, -0.15) is 0 Å². The van der Waals surface area contributed by atoms with Gasteiger partial charge in [0.15, 0.2) is 0 Å². The van der Waals surface area contributed by atoms with Crippen LogP contribution in [0.5, 0.6) is 5.75 Å². The number of hydrogen-bond acceptors (Lipinski definition) is 3. The highest BCUT2D eigenvalue weighted by Gasteiger charge is 2.13. The number of carbonyl (C=O) groups excluding carboxylic acids is 1. The molecule has 25 heavy (non-hydrogen) atoms. The largest absolute Gasteiger partial charge is 0.496 e. The van der Waals surface area contributed by atoms with Gasteiger partial charge in [0, 0.05) is 17.1 Å². The van der Waals surface area contributed by atoms with Gasteiger partial charge in [0.05, 0.1) is 18.2 Å². The van der Waals surface area contributed by atoms with E-state index >= 15 is 0 Å². The number of rotatable bonds is 4. The van der Waals surface area contributed by atoms with E-state index in [0.29, 0.717) is 22.5 Å². The quantitative estimate of drug-likeness (QED) is 0.759. The summed E-state index contributed by atoms with van der Waals surface area (Å²) >= 11 is 0. The summed E-state index contributed by atoms with van der Waals surface area (Å²) in [7, 11) is 1.53. The molecule has 1 aromatic heterocycles. The molecule has 0 aliphatic heterocycles. The number of aromatic nitrogens is 1. The van der Waals surface area contributed by atoms with Crippen molar-refractivity contribution < 1.29 is 9.53 Å². The number of methoxy groups -OCH3 is 1. The summed E-state index contributed by atoms with van der Waals surface area (Å²) in [4.78, 5) is 27.2. The Labute approximate surface area is 145 Å². The van der Waals surface area contributed by atoms with Gasteiger partial charge in [-0.05, 0) is 35.7 Å². The molecule has 5 heteroatoms. The predicted octanol–water partition coefficient (Wildman–Crippen LogP) is 3.91. The summed E-state index contributed by atoms with van der Waals surface area (Å²) < 4.78 is 5.22. The molecule has 1 amide bonds. The van der Waals surface area contributed by atoms with Gasteiger partial charge in [-0.1, -0.05) is 32.0 Å². The number of H-pyrrole nitrogens is 1. The fourth-order valence-corrected chi connectivity index (χ4v) is 2.87. The molecule has 2 aromatic carbocycles. The minimum atomic E-state index is -0.265. The minimum absolute atomic E-state index is 0.149. The Hall–Kier alpha value is -3.08. The average Bonchev–Trinajstić information content (AvgIpc) is 2.60. The molecule has 0 aliphatic rings. The summed E-state index contributed by atoms with van der Waals surface area (Å²) in [6, 6.07) is 14.2. The molecule has 3 aromatic rings. The molecular weight excluding hydrogens is 316 g/mol. The molecule has 0 fully saturated rings. The number of anilines is 1. The van der Waals surface area contributed by atoms with Crippen molar-refractivity contribution in [1.82, 2.24) is 4.98 Å². The Balaban J connectivity index is 1.97. The van der Waals surface area contributed by atoms with Crippen molar-refractivity contribution in [1.29, 1.82) is 0 Å². The maximum absolute atomic E-state index is 12.5. The van der Waals surface area contributed by atoms with Crippen LogP contribution in [0.15, 0.2) is 53.3 Å². The van der Waals surface area contributed by atoms with Gasteiger partial charge in [0.1, 0.15) is 5.75 Å². The Morgan fingerprint density at radius 1 is 1.12 bits per heavy atom. The summed E-state index contributed by atoms with van der Waals surface area (Å²) in [5.74, 6) is 0.481. The number of ether oxygens (including phenoxy) is 1. The number of fused-ring (bicyclic) bond motifs is 1. The lowest BCUT2D eigenvalue weighted by molar-refractivity contribution is 0.102. The van der Waals surface area contributed by atoms with Crippen molar-refractivity contribution in [2.75, 3.05) is 12.4 Å². The molecule has 0 atom stereocenters. The lowest BCUT2D eigenvalue weighted by Gasteiger charge is -2.12. The third kappa shape index (κ3) is 3.40. The molecule has 0 spiro atoms. The monoisotopic (exact) mass is 336 g/mol. The first-order valence-corrected chi connectivity index (χ1v) is 8.11. The Morgan fingerprint density at radius 2 is 1.88 bits per heavy atom. The van der Waals surface area contributed by atoms with E-state index in [1.807, 2.05) is 32.0 Å². The average molecular weight is 336 g/mol. The topological polar surface area (TPSA) is 71.2 Å². The van der Waals surface area contributed by atoms with Crippen molar-refractivity contribution in [2.45, 2.75) is 19.8 Å². The van der Waals surface area contributed by atoms with E-state index in [1.165, 1.54) is 7.11 Å². The van der Waals surface area contributed by atoms with E-state index in [-0.39, 0.29) is 17.4 Å². The summed E-state index contributed by atoms with van der Waals surface area (Å²) in [5, 5.41) is 3.83. The maximum atomic E-state index is 12.5. The van der Waals surface area contributed by atoms with Crippen LogP contribution in [0.1, 0.15) is 35.7 Å². The summed E-state index contributed by atoms with van der Waals surface area (Å²) in [6.45, 7) is 4.09. The van der Waals surface area contributed by atoms with Crippen LogP contribution in [0, 0.1) is 0 Å². The first-order valence-electron chi connectivity index (χ1n) is 8.11. The third-order valence-corrected chi connectivity index (χ3v) is 4.11. The van der Waals surface area contributed by atoms with Crippen molar-refractivity contribution in [3.8, 4) is 5.75 Å². The first-order chi connectivity index (χ1) is 12.0. The van der Waals surface area contributed by atoms with Gasteiger partial charge < -0.3 is 15.0 Å². The smallest absolute Gasteiger partial charge is 0.259 e. The van der Waals surface area contributed by atoms with Crippen molar-refractivity contribution in [3.05, 3.63) is 70.0 Å². The molecule has 0 radical (unpaired) electrons. The Morgan fingerprint density at radius 3 is 2.60 bits per heavy atom. The van der Waals surface area contributed by atoms with E-state index in [0.717, 1.165) is 10.9 Å². The highest BCUT2D eigenvalue weighted by atomic mass is 16.5. The predicted molar refractivity (Wildman–Crippen MR) is 99.6 cm³/mol. The molecule has 0 saturated carbocycles. The van der Waals surface area contributed by atoms with Crippen LogP contribution in [0.3, 0.4) is 0 Å². The van der Waals surface area contributed by atoms with Crippen LogP contribution in [0.25, 0.3) is 10.9 Å². The lowest BCUT2D eigenvalue weighted by atomic mass is 9.99. The molecular formula is C20H20N2O3. The maximum Gasteiger partial charge on any atom is 0.259 e. The summed E-state index contributed by atoms with van der Waals surface area (Å²) in [5.41, 5.74) is 2.61. The van der Waals surface area contributed by atoms with E-state index in [4.69, 9.17) is 4.74 Å². The molecule has 0 aliphatic carbocycles. The SMILES string of the molecule is COc1ccccc1C(=O)Nc1ccc2c(C(C)C)cc(=O)[nH]c2c1. The Kier molecular flexibility index (Phi) is 4.57. The normalized spacial score (nSPS) is 10.9. The summed E-state index contributed by atoms with van der Waals surface area (Å²) in [6.07, 6.45) is 0. The Bertz CT molecular complexity index is 990. The molecule has 5 nitrogen and oxygen atoms in total. The molecule has 2 N–H and O–H groups in total. The van der Waals surface area contributed by atoms with Gasteiger partial charge in [-0.3, -0.25) is 9.59 Å². The molecule has 0 bridgehead atoms. The first kappa shape index (κ1) is 16.8. The zero-order valence-corrected chi connectivity index (χ0v) is 14.4. The van der Waals surface area contributed by atoms with Crippen molar-refractivity contribution in [3.63, 3.8) is 0 Å². The van der Waals surface area contributed by atoms with E-state index in [1.54, 1.807) is 30.3 Å². The van der Waals surface area contributed by atoms with Crippen LogP contribution in [0.2, 0.25) is 0 Å². The fourth-order valence-electron chi connectivity index (χ4n) is 2.87. The van der Waals surface area contributed by atoms with Crippen molar-refractivity contribution in [2.24, 2.45) is 0 Å². The number of pyridine rings is 1. The fraction of sp³-hybridized carbons (Fsp3) is 0.200. The lowest BCUT2D eigenvalue weighted by Crippen LogP contribution is -2.13. The number of hydrogen-bond donors (Lipinski definition) is 2. The molecule has 128 valence electrons. The van der Waals surface area contributed by atoms with Crippen molar-refractivity contribution >= 4 is 22.5 Å². The zero-order valence-electron chi connectivity index (χ0n) is 14.4. The second kappa shape index (κ2) is 6.81. The standard InChI is InChI=1S/C20H20N2O3/c1-12(2)16-11-19(23)22-17-10-13(8-9-14(16)17)21-20(24)15-6-4-5-7-18(15)25-3/h4-12H,1-3H3,(H,21,24)(H,22,23). The minimum Gasteiger partial charge on any atom is -0.496 e. The third-order valence-electron chi connectivity index (χ3n) is 4.11. The van der Waals surface area contributed by atoms with Crippen LogP contribution in [-0.2, 0) is 0 Å². The molecule has 0 unspecified atom stereocenters. The van der Waals surface area contributed by atoms with Gasteiger partial charge in [-0.25, -0.2) is 0 Å². The number of nitrogens with one attached hydrogen (secondary N) is 2. The molecule has 0 saturated heterocycles. The van der Waals surface area contributed by atoms with E-state index in [2.05, 4.69) is 10.3 Å². The van der Waals surface area contributed by atoms with E-state index < -0.39 is 0 Å². The number of para-hydroxylation sites is 1. The van der Waals surface area contributed by atoms with Crippen LogP contribution < -0.4 is 15.6 Å². The van der Waals surface area contributed by atoms with Gasteiger partial charge in [0.25, 0.3) is 5.91 Å². The number of amides is 1. The molecule has 1 heterocycles. The highest BCUT2D eigenvalue weighted by molar-refractivity contribution is 6.06.